The van der Waals surface area contributed by atoms with Gasteiger partial charge in [-0.1, -0.05) is 12.1 Å². The minimum Gasteiger partial charge on any atom is -0.352 e. The third-order valence-electron chi connectivity index (χ3n) is 2.23. The molecule has 0 aliphatic heterocycles. The molecule has 0 spiro atoms. The van der Waals surface area contributed by atoms with Crippen molar-refractivity contribution in [2.45, 2.75) is 6.92 Å². The zero-order chi connectivity index (χ0) is 10.7. The molecule has 76 valence electrons. The maximum Gasteiger partial charge on any atom is 0.251 e. The Balaban J connectivity index is 2.56. The quantitative estimate of drug-likeness (QED) is 0.805. The Kier molecular flexibility index (Phi) is 2.63. The summed E-state index contributed by atoms with van der Waals surface area (Å²) >= 11 is 0. The molecule has 3 nitrogen and oxygen atoms in total. The number of fused-ring (bicyclic) bond motifs is 1. The lowest BCUT2D eigenvalue weighted by Crippen LogP contribution is -2.22. The largest absolute Gasteiger partial charge is 0.352 e. The third-order valence-corrected chi connectivity index (χ3v) is 2.23. The molecule has 1 heterocycles. The monoisotopic (exact) mass is 200 g/mol. The summed E-state index contributed by atoms with van der Waals surface area (Å²) < 4.78 is 0. The minimum atomic E-state index is -0.0453. The Morgan fingerprint density at radius 1 is 1.33 bits per heavy atom. The van der Waals surface area contributed by atoms with Crippen molar-refractivity contribution in [3.8, 4) is 0 Å². The van der Waals surface area contributed by atoms with E-state index in [1.165, 1.54) is 0 Å². The van der Waals surface area contributed by atoms with Crippen LogP contribution in [0.2, 0.25) is 0 Å². The highest BCUT2D eigenvalue weighted by Crippen LogP contribution is 2.15. The molecule has 1 N–H and O–H groups in total. The summed E-state index contributed by atoms with van der Waals surface area (Å²) in [5.41, 5.74) is 1.53. The number of carbonyl (C=O) groups excluding carboxylic acids is 1. The third kappa shape index (κ3) is 1.81. The van der Waals surface area contributed by atoms with E-state index in [1.54, 1.807) is 6.20 Å². The van der Waals surface area contributed by atoms with Gasteiger partial charge in [0.2, 0.25) is 0 Å². The molecule has 0 radical (unpaired) electrons. The SMILES string of the molecule is CCNC(=O)c1cccc2ncccc12. The number of nitrogens with zero attached hydrogens (tertiary/aromatic N) is 1. The van der Waals surface area contributed by atoms with Crippen molar-refractivity contribution >= 4 is 16.8 Å². The topological polar surface area (TPSA) is 42.0 Å². The number of aromatic nitrogens is 1. The van der Waals surface area contributed by atoms with Gasteiger partial charge in [-0.2, -0.15) is 0 Å². The molecule has 0 aliphatic rings. The van der Waals surface area contributed by atoms with Gasteiger partial charge in [0.1, 0.15) is 0 Å². The van der Waals surface area contributed by atoms with Gasteiger partial charge in [0.15, 0.2) is 0 Å². The van der Waals surface area contributed by atoms with Crippen molar-refractivity contribution < 1.29 is 4.79 Å². The molecule has 0 fully saturated rings. The van der Waals surface area contributed by atoms with Crippen LogP contribution in [-0.2, 0) is 0 Å². The van der Waals surface area contributed by atoms with E-state index in [0.29, 0.717) is 12.1 Å². The van der Waals surface area contributed by atoms with Gasteiger partial charge < -0.3 is 5.32 Å². The summed E-state index contributed by atoms with van der Waals surface area (Å²) in [6, 6.07) is 9.31. The first-order valence-corrected chi connectivity index (χ1v) is 4.95. The molecular formula is C12H12N2O. The molecule has 1 aromatic heterocycles. The molecule has 0 saturated heterocycles. The van der Waals surface area contributed by atoms with Crippen LogP contribution in [-0.4, -0.2) is 17.4 Å². The Morgan fingerprint density at radius 2 is 2.20 bits per heavy atom. The van der Waals surface area contributed by atoms with Gasteiger partial charge >= 0.3 is 0 Å². The number of hydrogen-bond donors (Lipinski definition) is 1. The van der Waals surface area contributed by atoms with Gasteiger partial charge in [-0.05, 0) is 25.1 Å². The Hall–Kier alpha value is -1.90. The maximum atomic E-state index is 11.7. The van der Waals surface area contributed by atoms with E-state index in [1.807, 2.05) is 37.3 Å². The van der Waals surface area contributed by atoms with E-state index in [2.05, 4.69) is 10.3 Å². The second kappa shape index (κ2) is 4.09. The number of pyridine rings is 1. The summed E-state index contributed by atoms with van der Waals surface area (Å²) in [7, 11) is 0. The highest BCUT2D eigenvalue weighted by atomic mass is 16.1. The van der Waals surface area contributed by atoms with Gasteiger partial charge in [0, 0.05) is 23.7 Å². The number of rotatable bonds is 2. The van der Waals surface area contributed by atoms with E-state index in [-0.39, 0.29) is 5.91 Å². The van der Waals surface area contributed by atoms with E-state index in [4.69, 9.17) is 0 Å². The lowest BCUT2D eigenvalue weighted by molar-refractivity contribution is 0.0957. The van der Waals surface area contributed by atoms with Crippen molar-refractivity contribution in [2.24, 2.45) is 0 Å². The van der Waals surface area contributed by atoms with Crippen LogP contribution < -0.4 is 5.32 Å². The Bertz CT molecular complexity index is 488. The zero-order valence-corrected chi connectivity index (χ0v) is 8.53. The predicted octanol–water partition coefficient (Wildman–Crippen LogP) is 1.98. The molecular weight excluding hydrogens is 188 g/mol. The average molecular weight is 200 g/mol. The van der Waals surface area contributed by atoms with Crippen LogP contribution in [0.25, 0.3) is 10.9 Å². The van der Waals surface area contributed by atoms with Crippen LogP contribution in [0.3, 0.4) is 0 Å². The smallest absolute Gasteiger partial charge is 0.251 e. The van der Waals surface area contributed by atoms with Crippen molar-refractivity contribution in [2.75, 3.05) is 6.54 Å². The standard InChI is InChI=1S/C12H12N2O/c1-2-13-12(15)10-5-3-7-11-9(10)6-4-8-14-11/h3-8H,2H2,1H3,(H,13,15). The fraction of sp³-hybridized carbons (Fsp3) is 0.167. The second-order valence-corrected chi connectivity index (χ2v) is 3.24. The lowest BCUT2D eigenvalue weighted by Gasteiger charge is -2.05. The average Bonchev–Trinajstić information content (AvgIpc) is 2.28. The molecule has 1 amide bonds. The van der Waals surface area contributed by atoms with E-state index in [9.17, 15) is 4.79 Å². The number of hydrogen-bond acceptors (Lipinski definition) is 2. The summed E-state index contributed by atoms with van der Waals surface area (Å²) in [5.74, 6) is -0.0453. The number of nitrogens with one attached hydrogen (secondary N) is 1. The highest BCUT2D eigenvalue weighted by molar-refractivity contribution is 6.06. The highest BCUT2D eigenvalue weighted by Gasteiger charge is 2.07. The van der Waals surface area contributed by atoms with E-state index < -0.39 is 0 Å². The van der Waals surface area contributed by atoms with Gasteiger partial charge in [-0.3, -0.25) is 9.78 Å². The molecule has 0 atom stereocenters. The van der Waals surface area contributed by atoms with Crippen molar-refractivity contribution in [1.82, 2.24) is 10.3 Å². The summed E-state index contributed by atoms with van der Waals surface area (Å²) in [6.45, 7) is 2.54. The fourth-order valence-corrected chi connectivity index (χ4v) is 1.56. The Morgan fingerprint density at radius 3 is 3.00 bits per heavy atom. The fourth-order valence-electron chi connectivity index (χ4n) is 1.56. The second-order valence-electron chi connectivity index (χ2n) is 3.24. The normalized spacial score (nSPS) is 10.2. The van der Waals surface area contributed by atoms with Crippen LogP contribution in [0.4, 0.5) is 0 Å². The molecule has 1 aromatic carbocycles. The number of benzene rings is 1. The van der Waals surface area contributed by atoms with Crippen molar-refractivity contribution in [1.29, 1.82) is 0 Å². The molecule has 2 rings (SSSR count). The molecule has 0 bridgehead atoms. The van der Waals surface area contributed by atoms with Crippen LogP contribution in [0, 0.1) is 0 Å². The zero-order valence-electron chi connectivity index (χ0n) is 8.53. The summed E-state index contributed by atoms with van der Waals surface area (Å²) in [6.07, 6.45) is 1.73. The lowest BCUT2D eigenvalue weighted by atomic mass is 10.1. The van der Waals surface area contributed by atoms with Crippen LogP contribution in [0.15, 0.2) is 36.5 Å². The van der Waals surface area contributed by atoms with Crippen molar-refractivity contribution in [3.63, 3.8) is 0 Å². The first-order valence-electron chi connectivity index (χ1n) is 4.95. The summed E-state index contributed by atoms with van der Waals surface area (Å²) in [5, 5.41) is 3.68. The number of amides is 1. The molecule has 0 aliphatic carbocycles. The minimum absolute atomic E-state index is 0.0453. The molecule has 3 heteroatoms. The van der Waals surface area contributed by atoms with Gasteiger partial charge in [0.25, 0.3) is 5.91 Å². The van der Waals surface area contributed by atoms with Gasteiger partial charge in [-0.25, -0.2) is 0 Å². The Labute approximate surface area is 88.1 Å². The van der Waals surface area contributed by atoms with E-state index >= 15 is 0 Å². The molecule has 2 aromatic rings. The first-order chi connectivity index (χ1) is 7.33. The van der Waals surface area contributed by atoms with Gasteiger partial charge in [-0.15, -0.1) is 0 Å². The van der Waals surface area contributed by atoms with Crippen molar-refractivity contribution in [3.05, 3.63) is 42.1 Å². The van der Waals surface area contributed by atoms with Crippen LogP contribution >= 0.6 is 0 Å². The predicted molar refractivity (Wildman–Crippen MR) is 59.8 cm³/mol. The number of carbonyl (C=O) groups is 1. The molecule has 0 unspecified atom stereocenters. The van der Waals surface area contributed by atoms with Crippen LogP contribution in [0.1, 0.15) is 17.3 Å². The first kappa shape index (κ1) is 9.65. The molecule has 0 saturated carbocycles. The van der Waals surface area contributed by atoms with E-state index in [0.717, 1.165) is 10.9 Å². The molecule has 15 heavy (non-hydrogen) atoms. The van der Waals surface area contributed by atoms with Gasteiger partial charge in [0.05, 0.1) is 5.52 Å². The maximum absolute atomic E-state index is 11.7. The van der Waals surface area contributed by atoms with Crippen LogP contribution in [0.5, 0.6) is 0 Å². The summed E-state index contributed by atoms with van der Waals surface area (Å²) in [4.78, 5) is 15.9.